The standard InChI is InChI=1S/C37H27NO3/c39-37-36(38-35(30-17-9-3-10-18-30)31-19-11-4-12-20-31)33(28-15-7-2-8-16-28)25-34(41-37)29-21-23-32(24-22-29)40-26-27-13-5-1-6-14-27/h1-25H,26H2. The zero-order valence-corrected chi connectivity index (χ0v) is 22.3. The Bertz CT molecular complexity index is 1770. The third-order valence-corrected chi connectivity index (χ3v) is 6.72. The highest BCUT2D eigenvalue weighted by atomic mass is 16.5. The van der Waals surface area contributed by atoms with E-state index in [1.54, 1.807) is 0 Å². The van der Waals surface area contributed by atoms with Crippen LogP contribution < -0.4 is 10.4 Å². The van der Waals surface area contributed by atoms with Crippen molar-refractivity contribution in [3.8, 4) is 28.2 Å². The molecule has 0 fully saturated rings. The van der Waals surface area contributed by atoms with Crippen molar-refractivity contribution >= 4 is 11.4 Å². The van der Waals surface area contributed by atoms with E-state index in [1.807, 2.05) is 152 Å². The number of ether oxygens (including phenoxy) is 1. The second-order valence-corrected chi connectivity index (χ2v) is 9.52. The van der Waals surface area contributed by atoms with Crippen molar-refractivity contribution in [1.29, 1.82) is 0 Å². The molecule has 0 atom stereocenters. The van der Waals surface area contributed by atoms with E-state index in [9.17, 15) is 4.79 Å². The fraction of sp³-hybridized carbons (Fsp3) is 0.0270. The lowest BCUT2D eigenvalue weighted by Crippen LogP contribution is -2.07. The fourth-order valence-electron chi connectivity index (χ4n) is 4.63. The largest absolute Gasteiger partial charge is 0.489 e. The van der Waals surface area contributed by atoms with Crippen LogP contribution in [0.1, 0.15) is 16.7 Å². The molecule has 4 nitrogen and oxygen atoms in total. The van der Waals surface area contributed by atoms with Crippen molar-refractivity contribution in [1.82, 2.24) is 0 Å². The van der Waals surface area contributed by atoms with Crippen LogP contribution in [0.3, 0.4) is 0 Å². The Morgan fingerprint density at radius 2 is 1.15 bits per heavy atom. The number of rotatable bonds is 8. The molecular formula is C37H27NO3. The molecule has 0 aliphatic heterocycles. The van der Waals surface area contributed by atoms with E-state index in [1.165, 1.54) is 0 Å². The molecule has 0 aliphatic carbocycles. The Hall–Kier alpha value is -5.48. The molecule has 0 bridgehead atoms. The van der Waals surface area contributed by atoms with Gasteiger partial charge in [0.2, 0.25) is 0 Å². The summed E-state index contributed by atoms with van der Waals surface area (Å²) in [5, 5.41) is 0. The maximum Gasteiger partial charge on any atom is 0.363 e. The maximum atomic E-state index is 13.6. The average molecular weight is 534 g/mol. The lowest BCUT2D eigenvalue weighted by molar-refractivity contribution is 0.306. The summed E-state index contributed by atoms with van der Waals surface area (Å²) in [6, 6.07) is 49.0. The number of benzene rings is 5. The SMILES string of the molecule is O=c1oc(-c2ccc(OCc3ccccc3)cc2)cc(-c2ccccc2)c1N=C(c1ccccc1)c1ccccc1. The van der Waals surface area contributed by atoms with E-state index in [0.29, 0.717) is 23.6 Å². The van der Waals surface area contributed by atoms with Gasteiger partial charge in [0.1, 0.15) is 18.1 Å². The first-order valence-corrected chi connectivity index (χ1v) is 13.4. The molecule has 41 heavy (non-hydrogen) atoms. The Morgan fingerprint density at radius 1 is 0.610 bits per heavy atom. The van der Waals surface area contributed by atoms with Gasteiger partial charge in [0.05, 0.1) is 5.71 Å². The Balaban J connectivity index is 1.42. The Morgan fingerprint density at radius 3 is 1.73 bits per heavy atom. The Kier molecular flexibility index (Phi) is 7.63. The number of aliphatic imine (C=N–C) groups is 1. The summed E-state index contributed by atoms with van der Waals surface area (Å²) in [5.41, 5.74) is 5.71. The monoisotopic (exact) mass is 533 g/mol. The Labute approximate surface area is 238 Å². The highest BCUT2D eigenvalue weighted by Gasteiger charge is 2.17. The van der Waals surface area contributed by atoms with Gasteiger partial charge in [-0.25, -0.2) is 9.79 Å². The zero-order chi connectivity index (χ0) is 27.9. The van der Waals surface area contributed by atoms with Crippen LogP contribution in [0, 0.1) is 0 Å². The molecule has 198 valence electrons. The first-order valence-electron chi connectivity index (χ1n) is 13.4. The lowest BCUT2D eigenvalue weighted by Gasteiger charge is -2.12. The molecule has 6 rings (SSSR count). The molecule has 0 spiro atoms. The van der Waals surface area contributed by atoms with Crippen LogP contribution in [0.2, 0.25) is 0 Å². The fourth-order valence-corrected chi connectivity index (χ4v) is 4.63. The van der Waals surface area contributed by atoms with E-state index >= 15 is 0 Å². The minimum atomic E-state index is -0.505. The summed E-state index contributed by atoms with van der Waals surface area (Å²) in [4.78, 5) is 18.6. The van der Waals surface area contributed by atoms with Crippen LogP contribution in [-0.4, -0.2) is 5.71 Å². The van der Waals surface area contributed by atoms with Crippen molar-refractivity contribution in [2.24, 2.45) is 4.99 Å². The molecule has 6 aromatic rings. The molecular weight excluding hydrogens is 506 g/mol. The predicted octanol–water partition coefficient (Wildman–Crippen LogP) is 8.72. The average Bonchev–Trinajstić information content (AvgIpc) is 3.05. The number of hydrogen-bond acceptors (Lipinski definition) is 4. The van der Waals surface area contributed by atoms with Gasteiger partial charge in [-0.15, -0.1) is 0 Å². The van der Waals surface area contributed by atoms with Gasteiger partial charge in [-0.1, -0.05) is 121 Å². The highest BCUT2D eigenvalue weighted by Crippen LogP contribution is 2.33. The summed E-state index contributed by atoms with van der Waals surface area (Å²) < 4.78 is 11.8. The summed E-state index contributed by atoms with van der Waals surface area (Å²) in [6.07, 6.45) is 0. The highest BCUT2D eigenvalue weighted by molar-refractivity contribution is 6.14. The third kappa shape index (κ3) is 6.07. The minimum Gasteiger partial charge on any atom is -0.489 e. The van der Waals surface area contributed by atoms with Crippen molar-refractivity contribution in [2.45, 2.75) is 6.61 Å². The normalized spacial score (nSPS) is 10.6. The van der Waals surface area contributed by atoms with E-state index in [2.05, 4.69) is 0 Å². The predicted molar refractivity (Wildman–Crippen MR) is 165 cm³/mol. The van der Waals surface area contributed by atoms with E-state index < -0.39 is 5.63 Å². The molecule has 1 aromatic heterocycles. The van der Waals surface area contributed by atoms with Crippen LogP contribution in [0.15, 0.2) is 166 Å². The second kappa shape index (κ2) is 12.1. The summed E-state index contributed by atoms with van der Waals surface area (Å²) in [5.74, 6) is 1.20. The van der Waals surface area contributed by atoms with Crippen molar-refractivity contribution in [3.63, 3.8) is 0 Å². The van der Waals surface area contributed by atoms with Gasteiger partial charge in [0, 0.05) is 22.3 Å². The number of nitrogens with zero attached hydrogens (tertiary/aromatic N) is 1. The van der Waals surface area contributed by atoms with E-state index in [4.69, 9.17) is 14.1 Å². The minimum absolute atomic E-state index is 0.255. The molecule has 0 N–H and O–H groups in total. The van der Waals surface area contributed by atoms with Crippen molar-refractivity contribution < 1.29 is 9.15 Å². The quantitative estimate of drug-likeness (QED) is 0.184. The zero-order valence-electron chi connectivity index (χ0n) is 22.3. The molecule has 0 unspecified atom stereocenters. The van der Waals surface area contributed by atoms with Gasteiger partial charge in [-0.3, -0.25) is 0 Å². The molecule has 0 aliphatic rings. The molecule has 1 heterocycles. The summed E-state index contributed by atoms with van der Waals surface area (Å²) in [7, 11) is 0. The molecule has 0 saturated heterocycles. The van der Waals surface area contributed by atoms with Gasteiger partial charge in [0.15, 0.2) is 5.69 Å². The molecule has 0 saturated carbocycles. The number of hydrogen-bond donors (Lipinski definition) is 0. The second-order valence-electron chi connectivity index (χ2n) is 9.52. The van der Waals surface area contributed by atoms with E-state index in [-0.39, 0.29) is 5.69 Å². The summed E-state index contributed by atoms with van der Waals surface area (Å²) >= 11 is 0. The van der Waals surface area contributed by atoms with Crippen LogP contribution in [0.4, 0.5) is 5.69 Å². The molecule has 5 aromatic carbocycles. The first-order chi connectivity index (χ1) is 20.2. The van der Waals surface area contributed by atoms with Gasteiger partial charge < -0.3 is 9.15 Å². The van der Waals surface area contributed by atoms with Crippen LogP contribution in [0.5, 0.6) is 5.75 Å². The molecule has 0 amide bonds. The summed E-state index contributed by atoms with van der Waals surface area (Å²) in [6.45, 7) is 0.477. The van der Waals surface area contributed by atoms with Gasteiger partial charge in [-0.2, -0.15) is 0 Å². The van der Waals surface area contributed by atoms with Crippen LogP contribution >= 0.6 is 0 Å². The molecule has 0 radical (unpaired) electrons. The molecule has 4 heteroatoms. The van der Waals surface area contributed by atoms with Gasteiger partial charge in [-0.05, 0) is 41.5 Å². The van der Waals surface area contributed by atoms with Gasteiger partial charge >= 0.3 is 5.63 Å². The first kappa shape index (κ1) is 25.8. The van der Waals surface area contributed by atoms with Crippen molar-refractivity contribution in [3.05, 3.63) is 179 Å². The topological polar surface area (TPSA) is 51.8 Å². The van der Waals surface area contributed by atoms with Crippen LogP contribution in [0.25, 0.3) is 22.5 Å². The van der Waals surface area contributed by atoms with E-state index in [0.717, 1.165) is 33.6 Å². The van der Waals surface area contributed by atoms with Crippen LogP contribution in [-0.2, 0) is 6.61 Å². The lowest BCUT2D eigenvalue weighted by atomic mass is 10.0. The van der Waals surface area contributed by atoms with Crippen molar-refractivity contribution in [2.75, 3.05) is 0 Å². The maximum absolute atomic E-state index is 13.6. The smallest absolute Gasteiger partial charge is 0.363 e. The third-order valence-electron chi connectivity index (χ3n) is 6.72. The van der Waals surface area contributed by atoms with Gasteiger partial charge in [0.25, 0.3) is 0 Å².